The van der Waals surface area contributed by atoms with E-state index >= 15 is 0 Å². The molecule has 0 spiro atoms. The number of hydrogen-bond acceptors (Lipinski definition) is 9. The molecule has 0 saturated heterocycles. The average Bonchev–Trinajstić information content (AvgIpc) is 2.67. The van der Waals surface area contributed by atoms with Gasteiger partial charge in [0.05, 0.1) is 20.1 Å². The van der Waals surface area contributed by atoms with Gasteiger partial charge in [-0.1, -0.05) is 6.07 Å². The van der Waals surface area contributed by atoms with E-state index in [1.54, 1.807) is 0 Å². The maximum atomic E-state index is 13.4. The number of carbonyl (C=O) groups excluding carboxylic acids is 1. The molecule has 0 heterocycles. The number of ketones is 1. The Balaban J connectivity index is 2.71. The van der Waals surface area contributed by atoms with Crippen LogP contribution in [0.4, 0.5) is 0 Å². The minimum Gasteiger partial charge on any atom is -0.504 e. The molecule has 0 amide bonds. The quantitative estimate of drug-likeness (QED) is 0.301. The maximum Gasteiger partial charge on any atom is 0.203 e. The number of hydrogen-bond donors (Lipinski definition) is 4. The van der Waals surface area contributed by atoms with Gasteiger partial charge < -0.3 is 39.4 Å². The highest BCUT2D eigenvalue weighted by molar-refractivity contribution is 6.06. The molecule has 0 aromatic heterocycles. The van der Waals surface area contributed by atoms with Gasteiger partial charge >= 0.3 is 0 Å². The van der Waals surface area contributed by atoms with Crippen molar-refractivity contribution in [3.8, 4) is 34.5 Å². The van der Waals surface area contributed by atoms with Gasteiger partial charge in [0.15, 0.2) is 35.1 Å². The molecule has 28 heavy (non-hydrogen) atoms. The summed E-state index contributed by atoms with van der Waals surface area (Å²) in [6.07, 6.45) is -1.10. The molecule has 0 radical (unpaired) electrons. The van der Waals surface area contributed by atoms with Crippen molar-refractivity contribution in [3.63, 3.8) is 0 Å². The highest BCUT2D eigenvalue weighted by atomic mass is 16.7. The molecule has 0 bridgehead atoms. The normalized spacial score (nSPS) is 12.0. The smallest absolute Gasteiger partial charge is 0.203 e. The Morgan fingerprint density at radius 2 is 1.50 bits per heavy atom. The molecular weight excluding hydrogens is 372 g/mol. The number of benzene rings is 2. The van der Waals surface area contributed by atoms with Gasteiger partial charge in [-0.25, -0.2) is 0 Å². The predicted molar refractivity (Wildman–Crippen MR) is 97.5 cm³/mol. The van der Waals surface area contributed by atoms with Gasteiger partial charge in [-0.2, -0.15) is 0 Å². The van der Waals surface area contributed by atoms with Gasteiger partial charge in [0.25, 0.3) is 0 Å². The third kappa shape index (κ3) is 3.75. The van der Waals surface area contributed by atoms with Crippen molar-refractivity contribution in [2.24, 2.45) is 0 Å². The summed E-state index contributed by atoms with van der Waals surface area (Å²) in [7, 11) is 5.13. The van der Waals surface area contributed by atoms with E-state index in [9.17, 15) is 25.2 Å². The van der Waals surface area contributed by atoms with Crippen LogP contribution in [0.3, 0.4) is 0 Å². The molecule has 0 aliphatic rings. The molecule has 9 nitrogen and oxygen atoms in total. The van der Waals surface area contributed by atoms with E-state index in [-0.39, 0.29) is 28.4 Å². The van der Waals surface area contributed by atoms with E-state index in [0.29, 0.717) is 0 Å². The van der Waals surface area contributed by atoms with Crippen molar-refractivity contribution in [2.75, 3.05) is 28.4 Å². The van der Waals surface area contributed by atoms with Crippen LogP contribution in [-0.2, 0) is 9.47 Å². The Hall–Kier alpha value is -3.17. The first-order valence-corrected chi connectivity index (χ1v) is 8.09. The van der Waals surface area contributed by atoms with Gasteiger partial charge in [0.1, 0.15) is 11.3 Å². The van der Waals surface area contributed by atoms with E-state index < -0.39 is 35.2 Å². The molecule has 1 atom stereocenters. The summed E-state index contributed by atoms with van der Waals surface area (Å²) in [5.41, 5.74) is -0.0173. The number of phenols is 4. The van der Waals surface area contributed by atoms with Gasteiger partial charge in [-0.15, -0.1) is 0 Å². The van der Waals surface area contributed by atoms with Crippen LogP contribution >= 0.6 is 0 Å². The zero-order chi connectivity index (χ0) is 21.0. The molecule has 2 aromatic rings. The Labute approximate surface area is 161 Å². The van der Waals surface area contributed by atoms with E-state index in [2.05, 4.69) is 0 Å². The fourth-order valence-corrected chi connectivity index (χ4v) is 2.90. The second-order valence-corrected chi connectivity index (χ2v) is 5.78. The average molecular weight is 394 g/mol. The summed E-state index contributed by atoms with van der Waals surface area (Å²) >= 11 is 0. The lowest BCUT2D eigenvalue weighted by Crippen LogP contribution is -2.30. The van der Waals surface area contributed by atoms with E-state index in [1.165, 1.54) is 46.6 Å². The highest BCUT2D eigenvalue weighted by Gasteiger charge is 2.36. The Morgan fingerprint density at radius 1 is 0.857 bits per heavy atom. The first-order chi connectivity index (χ1) is 13.3. The number of ether oxygens (including phenoxy) is 4. The lowest BCUT2D eigenvalue weighted by atomic mass is 9.88. The monoisotopic (exact) mass is 394 g/mol. The molecule has 0 aliphatic carbocycles. The summed E-state index contributed by atoms with van der Waals surface area (Å²) in [6, 6.07) is 4.93. The lowest BCUT2D eigenvalue weighted by Gasteiger charge is -2.25. The molecule has 2 rings (SSSR count). The number of phenolic OH excluding ortho intramolecular Hbond substituents is 4. The molecule has 0 fully saturated rings. The molecule has 4 N–H and O–H groups in total. The van der Waals surface area contributed by atoms with E-state index in [0.717, 1.165) is 6.07 Å². The third-order valence-corrected chi connectivity index (χ3v) is 4.25. The van der Waals surface area contributed by atoms with Gasteiger partial charge in [0, 0.05) is 20.3 Å². The summed E-state index contributed by atoms with van der Waals surface area (Å²) in [4.78, 5) is 13.4. The number of Topliss-reactive ketones (excluding diaryl/α,β-unsaturated/α-hetero) is 1. The van der Waals surface area contributed by atoms with E-state index in [4.69, 9.17) is 18.9 Å². The standard InChI is InChI=1S/C19H22O9/c1-25-13-8-12(22)18(26-2)17(24)15(13)16(23)14(19(27-3)28-4)9-5-6-10(20)11(21)7-9/h5-8,14,19-22,24H,1-4H3. The first-order valence-electron chi connectivity index (χ1n) is 8.09. The number of methoxy groups -OCH3 is 4. The van der Waals surface area contributed by atoms with Gasteiger partial charge in [0.2, 0.25) is 5.75 Å². The van der Waals surface area contributed by atoms with Crippen LogP contribution < -0.4 is 9.47 Å². The fraction of sp³-hybridized carbons (Fsp3) is 0.316. The van der Waals surface area contributed by atoms with Crippen molar-refractivity contribution >= 4 is 5.78 Å². The van der Waals surface area contributed by atoms with Crippen molar-refractivity contribution < 1.29 is 44.2 Å². The topological polar surface area (TPSA) is 135 Å². The van der Waals surface area contributed by atoms with Gasteiger partial charge in [-0.3, -0.25) is 4.79 Å². The number of rotatable bonds is 8. The molecule has 0 aliphatic heterocycles. The van der Waals surface area contributed by atoms with Crippen LogP contribution in [0.5, 0.6) is 34.5 Å². The zero-order valence-corrected chi connectivity index (χ0v) is 15.8. The van der Waals surface area contributed by atoms with Gasteiger partial charge in [-0.05, 0) is 17.7 Å². The predicted octanol–water partition coefficient (Wildman–Crippen LogP) is 2.11. The second-order valence-electron chi connectivity index (χ2n) is 5.78. The Morgan fingerprint density at radius 3 is 2.00 bits per heavy atom. The molecular formula is C19H22O9. The minimum absolute atomic E-state index is 0.0974. The Bertz CT molecular complexity index is 859. The highest BCUT2D eigenvalue weighted by Crippen LogP contribution is 2.46. The van der Waals surface area contributed by atoms with Crippen LogP contribution in [0, 0.1) is 0 Å². The van der Waals surface area contributed by atoms with Crippen LogP contribution in [0.25, 0.3) is 0 Å². The summed E-state index contributed by atoms with van der Waals surface area (Å²) in [6.45, 7) is 0. The molecule has 2 aromatic carbocycles. The summed E-state index contributed by atoms with van der Waals surface area (Å²) < 4.78 is 20.6. The van der Waals surface area contributed by atoms with Crippen molar-refractivity contribution in [2.45, 2.75) is 12.2 Å². The van der Waals surface area contributed by atoms with Crippen molar-refractivity contribution in [1.82, 2.24) is 0 Å². The third-order valence-electron chi connectivity index (χ3n) is 4.25. The van der Waals surface area contributed by atoms with E-state index in [1.807, 2.05) is 0 Å². The maximum absolute atomic E-state index is 13.4. The van der Waals surface area contributed by atoms with Crippen LogP contribution in [0.15, 0.2) is 24.3 Å². The van der Waals surface area contributed by atoms with Crippen molar-refractivity contribution in [1.29, 1.82) is 0 Å². The Kier molecular flexibility index (Phi) is 6.55. The van der Waals surface area contributed by atoms with Crippen LogP contribution in [0.1, 0.15) is 21.8 Å². The molecule has 0 saturated carbocycles. The molecule has 152 valence electrons. The minimum atomic E-state index is -1.16. The number of aromatic hydroxyl groups is 4. The summed E-state index contributed by atoms with van der Waals surface area (Å²) in [5.74, 6) is -4.09. The molecule has 9 heteroatoms. The fourth-order valence-electron chi connectivity index (χ4n) is 2.90. The molecule has 1 unspecified atom stereocenters. The van der Waals surface area contributed by atoms with Crippen molar-refractivity contribution in [3.05, 3.63) is 35.4 Å². The zero-order valence-electron chi connectivity index (χ0n) is 15.8. The SMILES string of the molecule is COc1cc(O)c(OC)c(O)c1C(=O)C(c1ccc(O)c(O)c1)C(OC)OC. The lowest BCUT2D eigenvalue weighted by molar-refractivity contribution is -0.110. The first kappa shape index (κ1) is 21.1. The van der Waals surface area contributed by atoms with Crippen LogP contribution in [-0.4, -0.2) is 60.9 Å². The summed E-state index contributed by atoms with van der Waals surface area (Å²) in [5, 5.41) is 39.9. The van der Waals surface area contributed by atoms with Crippen LogP contribution in [0.2, 0.25) is 0 Å². The largest absolute Gasteiger partial charge is 0.504 e. The number of carbonyl (C=O) groups is 1. The second kappa shape index (κ2) is 8.68.